The molecule has 86 valence electrons. The maximum Gasteiger partial charge on any atom is 0.326 e. The van der Waals surface area contributed by atoms with Crippen LogP contribution in [0.25, 0.3) is 0 Å². The first kappa shape index (κ1) is 11.8. The second-order valence-corrected chi connectivity index (χ2v) is 4.12. The lowest BCUT2D eigenvalue weighted by molar-refractivity contribution is -0.139. The summed E-state index contributed by atoms with van der Waals surface area (Å²) in [6, 6.07) is -0.921. The third-order valence-corrected chi connectivity index (χ3v) is 2.61. The van der Waals surface area contributed by atoms with Gasteiger partial charge in [-0.3, -0.25) is 0 Å². The zero-order valence-electron chi connectivity index (χ0n) is 9.12. The van der Waals surface area contributed by atoms with Gasteiger partial charge in [0.25, 0.3) is 0 Å². The number of hydrogen-bond donors (Lipinski definition) is 3. The van der Waals surface area contributed by atoms with Crippen molar-refractivity contribution in [1.29, 1.82) is 0 Å². The first-order chi connectivity index (χ1) is 7.04. The first-order valence-electron chi connectivity index (χ1n) is 5.34. The van der Waals surface area contributed by atoms with Crippen LogP contribution < -0.4 is 10.6 Å². The SMILES string of the molecule is CCC[C@H](NC(=O)NC1CC1C)C(=O)O. The quantitative estimate of drug-likeness (QED) is 0.637. The lowest BCUT2D eigenvalue weighted by Crippen LogP contribution is -2.46. The minimum atomic E-state index is -0.976. The van der Waals surface area contributed by atoms with E-state index >= 15 is 0 Å². The zero-order valence-corrected chi connectivity index (χ0v) is 9.12. The molecule has 0 aromatic carbocycles. The Kier molecular flexibility index (Phi) is 3.94. The molecule has 5 nitrogen and oxygen atoms in total. The minimum Gasteiger partial charge on any atom is -0.480 e. The number of aliphatic carboxylic acids is 1. The first-order valence-corrected chi connectivity index (χ1v) is 5.34. The summed E-state index contributed by atoms with van der Waals surface area (Å²) < 4.78 is 0. The molecule has 0 radical (unpaired) electrons. The van der Waals surface area contributed by atoms with Gasteiger partial charge in [-0.15, -0.1) is 0 Å². The van der Waals surface area contributed by atoms with Crippen molar-refractivity contribution in [3.63, 3.8) is 0 Å². The second kappa shape index (κ2) is 5.00. The smallest absolute Gasteiger partial charge is 0.326 e. The summed E-state index contributed by atoms with van der Waals surface area (Å²) in [6.07, 6.45) is 2.18. The number of rotatable bonds is 5. The highest BCUT2D eigenvalue weighted by Gasteiger charge is 2.34. The largest absolute Gasteiger partial charge is 0.480 e. The Morgan fingerprint density at radius 2 is 2.13 bits per heavy atom. The van der Waals surface area contributed by atoms with E-state index in [0.29, 0.717) is 12.3 Å². The van der Waals surface area contributed by atoms with E-state index in [9.17, 15) is 9.59 Å². The molecule has 0 heterocycles. The van der Waals surface area contributed by atoms with Crippen molar-refractivity contribution in [2.45, 2.75) is 45.2 Å². The molecule has 0 bridgehead atoms. The Bertz CT molecular complexity index is 255. The molecule has 15 heavy (non-hydrogen) atoms. The molecule has 2 amide bonds. The van der Waals surface area contributed by atoms with Gasteiger partial charge in [-0.05, 0) is 18.8 Å². The van der Waals surface area contributed by atoms with E-state index < -0.39 is 12.0 Å². The Labute approximate surface area is 89.2 Å². The Balaban J connectivity index is 2.30. The fraction of sp³-hybridized carbons (Fsp3) is 0.800. The number of carbonyl (C=O) groups is 2. The molecule has 1 fully saturated rings. The third kappa shape index (κ3) is 3.77. The summed E-state index contributed by atoms with van der Waals surface area (Å²) in [5, 5.41) is 14.0. The number of urea groups is 1. The van der Waals surface area contributed by atoms with E-state index in [1.807, 2.05) is 13.8 Å². The molecular formula is C10H18N2O3. The van der Waals surface area contributed by atoms with Gasteiger partial charge >= 0.3 is 12.0 Å². The van der Waals surface area contributed by atoms with Gasteiger partial charge in [0.15, 0.2) is 0 Å². The number of amides is 2. The average molecular weight is 214 g/mol. The van der Waals surface area contributed by atoms with Crippen molar-refractivity contribution in [3.05, 3.63) is 0 Å². The van der Waals surface area contributed by atoms with E-state index in [2.05, 4.69) is 10.6 Å². The molecule has 1 saturated carbocycles. The molecule has 0 aromatic heterocycles. The lowest BCUT2D eigenvalue weighted by Gasteiger charge is -2.14. The third-order valence-electron chi connectivity index (χ3n) is 2.61. The van der Waals surface area contributed by atoms with Gasteiger partial charge < -0.3 is 15.7 Å². The topological polar surface area (TPSA) is 78.4 Å². The number of carboxylic acid groups (broad SMARTS) is 1. The molecular weight excluding hydrogens is 196 g/mol. The molecule has 0 saturated heterocycles. The molecule has 1 rings (SSSR count). The summed E-state index contributed by atoms with van der Waals surface area (Å²) in [5.74, 6) is -0.457. The number of hydrogen-bond acceptors (Lipinski definition) is 2. The molecule has 1 aliphatic carbocycles. The van der Waals surface area contributed by atoms with Crippen LogP contribution in [0.2, 0.25) is 0 Å². The number of carbonyl (C=O) groups excluding carboxylic acids is 1. The molecule has 3 atom stereocenters. The van der Waals surface area contributed by atoms with Crippen molar-refractivity contribution in [2.24, 2.45) is 5.92 Å². The highest BCUT2D eigenvalue weighted by molar-refractivity contribution is 5.82. The van der Waals surface area contributed by atoms with Crippen LogP contribution in [0.15, 0.2) is 0 Å². The van der Waals surface area contributed by atoms with Crippen LogP contribution in [0.5, 0.6) is 0 Å². The van der Waals surface area contributed by atoms with E-state index in [-0.39, 0.29) is 12.1 Å². The highest BCUT2D eigenvalue weighted by atomic mass is 16.4. The van der Waals surface area contributed by atoms with Crippen molar-refractivity contribution in [2.75, 3.05) is 0 Å². The predicted octanol–water partition coefficient (Wildman–Crippen LogP) is 0.947. The summed E-state index contributed by atoms with van der Waals surface area (Å²) in [6.45, 7) is 3.93. The lowest BCUT2D eigenvalue weighted by atomic mass is 10.2. The van der Waals surface area contributed by atoms with Gasteiger partial charge in [0.05, 0.1) is 0 Å². The number of carboxylic acids is 1. The maximum atomic E-state index is 11.3. The van der Waals surface area contributed by atoms with Gasteiger partial charge in [0, 0.05) is 6.04 Å². The summed E-state index contributed by atoms with van der Waals surface area (Å²) in [7, 11) is 0. The highest BCUT2D eigenvalue weighted by Crippen LogP contribution is 2.28. The minimum absolute atomic E-state index is 0.223. The van der Waals surface area contributed by atoms with Gasteiger partial charge in [-0.2, -0.15) is 0 Å². The Morgan fingerprint density at radius 1 is 1.53 bits per heavy atom. The summed E-state index contributed by atoms with van der Waals surface area (Å²) in [4.78, 5) is 22.1. The van der Waals surface area contributed by atoms with Crippen LogP contribution in [0, 0.1) is 5.92 Å². The van der Waals surface area contributed by atoms with Crippen LogP contribution in [-0.2, 0) is 4.79 Å². The molecule has 0 spiro atoms. The zero-order chi connectivity index (χ0) is 11.4. The predicted molar refractivity (Wildman–Crippen MR) is 55.6 cm³/mol. The maximum absolute atomic E-state index is 11.3. The Morgan fingerprint density at radius 3 is 2.53 bits per heavy atom. The average Bonchev–Trinajstić information content (AvgIpc) is 2.80. The fourth-order valence-corrected chi connectivity index (χ4v) is 1.44. The summed E-state index contributed by atoms with van der Waals surface area (Å²) in [5.41, 5.74) is 0. The van der Waals surface area contributed by atoms with Crippen molar-refractivity contribution < 1.29 is 14.7 Å². The normalized spacial score (nSPS) is 25.5. The number of nitrogens with one attached hydrogen (secondary N) is 2. The van der Waals surface area contributed by atoms with E-state index in [4.69, 9.17) is 5.11 Å². The summed E-state index contributed by atoms with van der Waals surface area (Å²) >= 11 is 0. The molecule has 2 unspecified atom stereocenters. The van der Waals surface area contributed by atoms with Gasteiger partial charge in [0.1, 0.15) is 6.04 Å². The van der Waals surface area contributed by atoms with Gasteiger partial charge in [0.2, 0.25) is 0 Å². The van der Waals surface area contributed by atoms with Crippen LogP contribution in [0.4, 0.5) is 4.79 Å². The van der Waals surface area contributed by atoms with Gasteiger partial charge in [-0.1, -0.05) is 20.3 Å². The molecule has 5 heteroatoms. The van der Waals surface area contributed by atoms with Crippen LogP contribution >= 0.6 is 0 Å². The van der Waals surface area contributed by atoms with Crippen molar-refractivity contribution in [3.8, 4) is 0 Å². The van der Waals surface area contributed by atoms with Crippen LogP contribution in [-0.4, -0.2) is 29.2 Å². The van der Waals surface area contributed by atoms with E-state index in [0.717, 1.165) is 12.8 Å². The van der Waals surface area contributed by atoms with Gasteiger partial charge in [-0.25, -0.2) is 9.59 Å². The molecule has 0 aromatic rings. The van der Waals surface area contributed by atoms with Crippen molar-refractivity contribution >= 4 is 12.0 Å². The van der Waals surface area contributed by atoms with E-state index in [1.54, 1.807) is 0 Å². The standard InChI is InChI=1S/C10H18N2O3/c1-3-4-7(9(13)14)11-10(15)12-8-5-6(8)2/h6-8H,3-5H2,1-2H3,(H,13,14)(H2,11,12,15)/t6?,7-,8?/m0/s1. The monoisotopic (exact) mass is 214 g/mol. The fourth-order valence-electron chi connectivity index (χ4n) is 1.44. The van der Waals surface area contributed by atoms with Crippen LogP contribution in [0.3, 0.4) is 0 Å². The van der Waals surface area contributed by atoms with E-state index in [1.165, 1.54) is 0 Å². The second-order valence-electron chi connectivity index (χ2n) is 4.12. The Hall–Kier alpha value is -1.26. The molecule has 3 N–H and O–H groups in total. The van der Waals surface area contributed by atoms with Crippen molar-refractivity contribution in [1.82, 2.24) is 10.6 Å². The molecule has 0 aliphatic heterocycles. The van der Waals surface area contributed by atoms with Crippen LogP contribution in [0.1, 0.15) is 33.1 Å². The molecule has 1 aliphatic rings.